The van der Waals surface area contributed by atoms with Crippen LogP contribution in [0, 0.1) is 0 Å². The first kappa shape index (κ1) is 28.7. The highest BCUT2D eigenvalue weighted by Gasteiger charge is 2.20. The van der Waals surface area contributed by atoms with E-state index in [-0.39, 0.29) is 0 Å². The van der Waals surface area contributed by atoms with Gasteiger partial charge < -0.3 is 9.13 Å². The Bertz CT molecular complexity index is 3310. The molecule has 4 aromatic heterocycles. The molecule has 0 radical (unpaired) electrons. The summed E-state index contributed by atoms with van der Waals surface area (Å²) < 4.78 is 8.98. The van der Waals surface area contributed by atoms with Gasteiger partial charge in [0.05, 0.1) is 27.8 Å². The highest BCUT2D eigenvalue weighted by Crippen LogP contribution is 2.44. The topological polar surface area (TPSA) is 9.86 Å². The van der Waals surface area contributed by atoms with Crippen molar-refractivity contribution in [2.45, 2.75) is 12.8 Å². The van der Waals surface area contributed by atoms with Gasteiger partial charge in [0.15, 0.2) is 0 Å². The quantitative estimate of drug-likeness (QED) is 0.174. The highest BCUT2D eigenvalue weighted by atomic mass is 32.1. The Morgan fingerprint density at radius 1 is 0.442 bits per heavy atom. The van der Waals surface area contributed by atoms with Crippen LogP contribution in [-0.2, 0) is 6.42 Å². The standard InChI is InChI=1S/C48H30N2S2/c1-6-19-40(50-42-21-8-3-16-33(42)37-26-39-35-18-5-10-23-46(35)52-48(39)28-44(37)50)31(14-1)29-12-11-13-30(24-29)49-41-20-7-2-15-32(41)36-25-38-34-17-4-9-22-45(34)51-47(38)27-43(36)49/h1-3,5-16,18-28H,4,17H2. The molecule has 0 atom stereocenters. The Kier molecular flexibility index (Phi) is 5.96. The number of nitrogens with zero attached hydrogens (tertiary/aromatic N) is 2. The average Bonchev–Trinajstić information content (AvgIpc) is 3.93. The predicted molar refractivity (Wildman–Crippen MR) is 226 cm³/mol. The molecule has 0 bridgehead atoms. The van der Waals surface area contributed by atoms with Gasteiger partial charge in [-0.15, -0.1) is 22.7 Å². The lowest BCUT2D eigenvalue weighted by atomic mass is 10.00. The van der Waals surface area contributed by atoms with Gasteiger partial charge in [0.1, 0.15) is 0 Å². The van der Waals surface area contributed by atoms with Crippen molar-refractivity contribution in [1.82, 2.24) is 9.13 Å². The van der Waals surface area contributed by atoms with E-state index in [1.807, 2.05) is 22.7 Å². The fourth-order valence-electron chi connectivity index (χ4n) is 8.89. The minimum Gasteiger partial charge on any atom is -0.309 e. The molecule has 0 spiro atoms. The monoisotopic (exact) mass is 698 g/mol. The summed E-state index contributed by atoms with van der Waals surface area (Å²) in [6.45, 7) is 0. The maximum absolute atomic E-state index is 2.49. The largest absolute Gasteiger partial charge is 0.309 e. The fraction of sp³-hybridized carbons (Fsp3) is 0.0417. The van der Waals surface area contributed by atoms with Crippen molar-refractivity contribution in [3.05, 3.63) is 162 Å². The Hall–Kier alpha value is -5.94. The maximum Gasteiger partial charge on any atom is 0.0555 e. The summed E-state index contributed by atoms with van der Waals surface area (Å²) in [6, 6.07) is 54.4. The summed E-state index contributed by atoms with van der Waals surface area (Å²) in [6.07, 6.45) is 6.89. The van der Waals surface area contributed by atoms with Crippen LogP contribution in [0.3, 0.4) is 0 Å². The van der Waals surface area contributed by atoms with E-state index in [9.17, 15) is 0 Å². The van der Waals surface area contributed by atoms with Crippen LogP contribution in [0.1, 0.15) is 16.9 Å². The van der Waals surface area contributed by atoms with E-state index in [0.29, 0.717) is 0 Å². The lowest BCUT2D eigenvalue weighted by Crippen LogP contribution is -1.98. The minimum atomic E-state index is 1.12. The molecule has 0 N–H and O–H groups in total. The van der Waals surface area contributed by atoms with E-state index in [1.165, 1.54) is 107 Å². The number of aromatic nitrogens is 2. The number of hydrogen-bond donors (Lipinski definition) is 0. The molecule has 11 aromatic rings. The molecular formula is C48H30N2S2. The van der Waals surface area contributed by atoms with E-state index in [1.54, 1.807) is 0 Å². The molecule has 244 valence electrons. The second-order valence-corrected chi connectivity index (χ2v) is 16.2. The number of thiophene rings is 2. The third-order valence-corrected chi connectivity index (χ3v) is 13.5. The van der Waals surface area contributed by atoms with Crippen molar-refractivity contribution in [1.29, 1.82) is 0 Å². The molecule has 0 amide bonds. The Morgan fingerprint density at radius 3 is 1.96 bits per heavy atom. The van der Waals surface area contributed by atoms with E-state index in [2.05, 4.69) is 167 Å². The first-order valence-electron chi connectivity index (χ1n) is 18.0. The summed E-state index contributed by atoms with van der Waals surface area (Å²) in [7, 11) is 0. The van der Waals surface area contributed by atoms with Gasteiger partial charge in [0, 0.05) is 62.5 Å². The van der Waals surface area contributed by atoms with Crippen molar-refractivity contribution < 1.29 is 0 Å². The summed E-state index contributed by atoms with van der Waals surface area (Å²) in [5.74, 6) is 0. The Morgan fingerprint density at radius 2 is 1.12 bits per heavy atom. The van der Waals surface area contributed by atoms with Crippen molar-refractivity contribution >= 4 is 103 Å². The number of aryl methyl sites for hydroxylation is 1. The van der Waals surface area contributed by atoms with Crippen LogP contribution in [-0.4, -0.2) is 9.13 Å². The maximum atomic E-state index is 2.49. The lowest BCUT2D eigenvalue weighted by molar-refractivity contribution is 1.01. The highest BCUT2D eigenvalue weighted by molar-refractivity contribution is 7.25. The van der Waals surface area contributed by atoms with Gasteiger partial charge in [-0.2, -0.15) is 0 Å². The van der Waals surface area contributed by atoms with Crippen molar-refractivity contribution in [3.63, 3.8) is 0 Å². The fourth-order valence-corrected chi connectivity index (χ4v) is 11.2. The number of para-hydroxylation sites is 3. The van der Waals surface area contributed by atoms with Gasteiger partial charge in [-0.05, 0) is 96.1 Å². The van der Waals surface area contributed by atoms with Crippen LogP contribution in [0.15, 0.2) is 152 Å². The molecule has 0 aliphatic heterocycles. The minimum absolute atomic E-state index is 1.12. The zero-order chi connectivity index (χ0) is 33.9. The molecular weight excluding hydrogens is 669 g/mol. The number of allylic oxidation sites excluding steroid dienone is 1. The molecule has 0 unspecified atom stereocenters. The first-order valence-corrected chi connectivity index (χ1v) is 19.6. The normalized spacial score (nSPS) is 13.2. The van der Waals surface area contributed by atoms with Gasteiger partial charge in [-0.25, -0.2) is 0 Å². The van der Waals surface area contributed by atoms with Crippen LogP contribution in [0.4, 0.5) is 0 Å². The zero-order valence-corrected chi connectivity index (χ0v) is 29.8. The molecule has 1 aliphatic rings. The van der Waals surface area contributed by atoms with Gasteiger partial charge >= 0.3 is 0 Å². The van der Waals surface area contributed by atoms with E-state index >= 15 is 0 Å². The van der Waals surface area contributed by atoms with Gasteiger partial charge in [0.25, 0.3) is 0 Å². The molecule has 0 saturated carbocycles. The second-order valence-electron chi connectivity index (χ2n) is 14.0. The number of benzene rings is 7. The van der Waals surface area contributed by atoms with Crippen LogP contribution in [0.5, 0.6) is 0 Å². The average molecular weight is 699 g/mol. The molecule has 7 aromatic carbocycles. The van der Waals surface area contributed by atoms with E-state index in [4.69, 9.17) is 0 Å². The molecule has 1 aliphatic carbocycles. The number of hydrogen-bond acceptors (Lipinski definition) is 2. The molecule has 52 heavy (non-hydrogen) atoms. The Labute approximate surface area is 307 Å². The molecule has 4 heteroatoms. The summed E-state index contributed by atoms with van der Waals surface area (Å²) in [5, 5.41) is 9.27. The zero-order valence-electron chi connectivity index (χ0n) is 28.1. The third kappa shape index (κ3) is 3.99. The van der Waals surface area contributed by atoms with Gasteiger partial charge in [-0.3, -0.25) is 0 Å². The molecule has 0 saturated heterocycles. The first-order chi connectivity index (χ1) is 25.8. The van der Waals surface area contributed by atoms with Crippen LogP contribution in [0.2, 0.25) is 0 Å². The van der Waals surface area contributed by atoms with Crippen LogP contribution < -0.4 is 0 Å². The summed E-state index contributed by atoms with van der Waals surface area (Å²) in [4.78, 5) is 1.42. The molecule has 2 nitrogen and oxygen atoms in total. The van der Waals surface area contributed by atoms with Gasteiger partial charge in [0.2, 0.25) is 0 Å². The van der Waals surface area contributed by atoms with E-state index in [0.717, 1.165) is 12.8 Å². The van der Waals surface area contributed by atoms with Crippen LogP contribution >= 0.6 is 22.7 Å². The van der Waals surface area contributed by atoms with Crippen molar-refractivity contribution in [2.75, 3.05) is 0 Å². The summed E-state index contributed by atoms with van der Waals surface area (Å²) in [5.41, 5.74) is 11.3. The SMILES string of the molecule is C1=Cc2sc3cc4c(cc3c2CC1)c1ccccc1n4-c1cccc(-c2ccccc2-n2c3ccccc3c3cc4c(cc32)sc2ccccc24)c1. The van der Waals surface area contributed by atoms with E-state index < -0.39 is 0 Å². The third-order valence-electron chi connectivity index (χ3n) is 11.2. The number of rotatable bonds is 3. The molecule has 12 rings (SSSR count). The smallest absolute Gasteiger partial charge is 0.0555 e. The van der Waals surface area contributed by atoms with Crippen molar-refractivity contribution in [3.8, 4) is 22.5 Å². The molecule has 0 fully saturated rings. The lowest BCUT2D eigenvalue weighted by Gasteiger charge is -2.16. The van der Waals surface area contributed by atoms with Crippen molar-refractivity contribution in [2.24, 2.45) is 0 Å². The second kappa shape index (κ2) is 10.8. The molecule has 4 heterocycles. The predicted octanol–water partition coefficient (Wildman–Crippen LogP) is 14.1. The summed E-state index contributed by atoms with van der Waals surface area (Å²) >= 11 is 3.81. The van der Waals surface area contributed by atoms with Gasteiger partial charge in [-0.1, -0.05) is 91.0 Å². The Balaban J connectivity index is 1.09. The number of fused-ring (bicyclic) bond motifs is 12. The van der Waals surface area contributed by atoms with Crippen LogP contribution in [0.25, 0.3) is 102 Å².